The topological polar surface area (TPSA) is 318 Å². The van der Waals surface area contributed by atoms with Crippen LogP contribution in [0.1, 0.15) is 190 Å². The van der Waals surface area contributed by atoms with Crippen molar-refractivity contribution in [3.05, 3.63) is 167 Å². The van der Waals surface area contributed by atoms with E-state index in [-0.39, 0.29) is 59.4 Å². The lowest BCUT2D eigenvalue weighted by atomic mass is 9.46. The Morgan fingerprint density at radius 3 is 2.00 bits per heavy atom. The molecule has 3 aromatic carbocycles. The SMILES string of the molecule is C=C1/C(=C\C=C2/CCC[C@@]3(C)C2CCC3[C@@H](C)/C=C/C(OC(=O)NCCCCCCNC(=O)OC2CC3OCC3(OC(C)=O)C3C(OC(=O)c4ccccc4)C(O)(CC(CC)OC(=O)C(O)C(NC(=O)c4ccccc4)c4ccccc4)C(C)(C)C(=C)C(OC(C)=O)C(=O)C23C)C2CC2)C[C@@H](O)C[C@@H]1O. The largest absolute Gasteiger partial charge is 0.460 e. The van der Waals surface area contributed by atoms with Crippen LogP contribution in [0.25, 0.3) is 0 Å². The lowest BCUT2D eigenvalue weighted by Crippen LogP contribution is -2.81. The number of amides is 3. The number of rotatable bonds is 27. The van der Waals surface area contributed by atoms with E-state index < -0.39 is 144 Å². The minimum absolute atomic E-state index is 0.00535. The second kappa shape index (κ2) is 33.7. The first-order valence-corrected chi connectivity index (χ1v) is 37.5. The molecule has 7 fully saturated rings. The van der Waals surface area contributed by atoms with Crippen molar-refractivity contribution in [2.24, 2.45) is 45.8 Å². The van der Waals surface area contributed by atoms with Gasteiger partial charge in [-0.2, -0.15) is 0 Å². The summed E-state index contributed by atoms with van der Waals surface area (Å²) >= 11 is 0. The third-order valence-corrected chi connectivity index (χ3v) is 24.0. The summed E-state index contributed by atoms with van der Waals surface area (Å²) < 4.78 is 43.6. The van der Waals surface area contributed by atoms with Gasteiger partial charge in [-0.05, 0) is 159 Å². The average molecular weight is 1450 g/mol. The lowest BCUT2D eigenvalue weighted by molar-refractivity contribution is -0.344. The van der Waals surface area contributed by atoms with E-state index in [4.69, 9.17) is 33.2 Å². The highest BCUT2D eigenvalue weighted by molar-refractivity contribution is 5.96. The number of aliphatic hydroxyl groups is 4. The number of unbranched alkanes of at least 4 members (excludes halogenated alkanes) is 3. The Morgan fingerprint density at radius 2 is 1.39 bits per heavy atom. The van der Waals surface area contributed by atoms with E-state index >= 15 is 4.79 Å². The van der Waals surface area contributed by atoms with Crippen LogP contribution in [0.5, 0.6) is 0 Å². The van der Waals surface area contributed by atoms with Gasteiger partial charge in [0.25, 0.3) is 5.91 Å². The second-order valence-electron chi connectivity index (χ2n) is 31.1. The highest BCUT2D eigenvalue weighted by atomic mass is 16.6. The number of esters is 4. The molecule has 7 N–H and O–H groups in total. The Balaban J connectivity index is 0.814. The number of carbonyl (C=O) groups excluding carboxylic acids is 8. The number of aliphatic hydroxyl groups excluding tert-OH is 3. The average Bonchev–Trinajstić information content (AvgIpc) is 1.67. The smallest absolute Gasteiger partial charge is 0.407 e. The van der Waals surface area contributed by atoms with Crippen LogP contribution in [0.3, 0.4) is 0 Å². The second-order valence-corrected chi connectivity index (χ2v) is 31.1. The molecule has 3 aromatic rings. The van der Waals surface area contributed by atoms with Crippen molar-refractivity contribution in [1.82, 2.24) is 16.0 Å². The van der Waals surface area contributed by atoms with Crippen LogP contribution in [0.15, 0.2) is 151 Å². The zero-order chi connectivity index (χ0) is 75.8. The number of carbonyl (C=O) groups is 8. The van der Waals surface area contributed by atoms with Gasteiger partial charge in [0.05, 0.1) is 41.8 Å². The molecule has 6 aliphatic carbocycles. The molecule has 1 heterocycles. The van der Waals surface area contributed by atoms with Gasteiger partial charge >= 0.3 is 36.1 Å². The lowest BCUT2D eigenvalue weighted by Gasteiger charge is -2.66. The van der Waals surface area contributed by atoms with E-state index in [9.17, 15) is 54.0 Å². The van der Waals surface area contributed by atoms with Gasteiger partial charge in [-0.3, -0.25) is 19.2 Å². The third-order valence-electron chi connectivity index (χ3n) is 24.0. The predicted octanol–water partition coefficient (Wildman–Crippen LogP) is 11.5. The quantitative estimate of drug-likeness (QED) is 0.0161. The van der Waals surface area contributed by atoms with Crippen LogP contribution in [-0.4, -0.2) is 154 Å². The molecule has 1 saturated heterocycles. The number of hydrogen-bond donors (Lipinski definition) is 7. The van der Waals surface area contributed by atoms with Crippen molar-refractivity contribution < 1.29 is 91.9 Å². The normalized spacial score (nSPS) is 31.3. The van der Waals surface area contributed by atoms with Crippen molar-refractivity contribution in [2.75, 3.05) is 19.7 Å². The van der Waals surface area contributed by atoms with Crippen LogP contribution in [0.4, 0.5) is 9.59 Å². The number of ketones is 1. The zero-order valence-electron chi connectivity index (χ0n) is 61.9. The molecular formula is C83H107N3O19. The van der Waals surface area contributed by atoms with Crippen LogP contribution in [0.2, 0.25) is 0 Å². The van der Waals surface area contributed by atoms with Gasteiger partial charge in [0, 0.05) is 57.2 Å². The Kier molecular flexibility index (Phi) is 25.4. The van der Waals surface area contributed by atoms with Gasteiger partial charge in [-0.15, -0.1) is 0 Å². The number of benzene rings is 3. The predicted molar refractivity (Wildman–Crippen MR) is 389 cm³/mol. The van der Waals surface area contributed by atoms with Gasteiger partial charge in [-0.25, -0.2) is 19.2 Å². The molecule has 1 aliphatic heterocycles. The molecule has 3 amide bonds. The van der Waals surface area contributed by atoms with Crippen LogP contribution in [-0.2, 0) is 52.3 Å². The fourth-order valence-electron chi connectivity index (χ4n) is 17.7. The van der Waals surface area contributed by atoms with E-state index in [1.807, 2.05) is 0 Å². The summed E-state index contributed by atoms with van der Waals surface area (Å²) in [6.07, 6.45) is 5.10. The van der Waals surface area contributed by atoms with Crippen molar-refractivity contribution in [3.63, 3.8) is 0 Å². The molecule has 0 radical (unpaired) electrons. The Morgan fingerprint density at radius 1 is 0.752 bits per heavy atom. The molecule has 568 valence electrons. The number of allylic oxidation sites excluding steroid dienone is 4. The van der Waals surface area contributed by atoms with Crippen LogP contribution in [0, 0.1) is 45.8 Å². The Bertz CT molecular complexity index is 3760. The number of fused-ring (bicyclic) bond motifs is 4. The minimum atomic E-state index is -2.61. The molecule has 6 saturated carbocycles. The fraction of sp³-hybridized carbons (Fsp3) is 0.566. The van der Waals surface area contributed by atoms with E-state index in [0.717, 1.165) is 64.4 Å². The Hall–Kier alpha value is -8.28. The standard InChI is InChI=1S/C83H107N3O19/c1-11-61(101-76(95)69(91)68(56-26-17-14-18-27-56)86-74(93)57-28-19-15-20-29-57)47-83(98)73(104-75(94)58-30-21-16-22-31-58)71-81(10,72(92)70(100-52(5)87)51(4)79(83,7)8)66(46-67-82(71,48-99-67)105-53(6)88)103-78(97)85-43-24-13-12-23-42-84-77(96)102-65(55-35-36-55)40-33-49(2)62-38-39-63-54(32-25-41-80(62,63)9)34-37-59-44-60(89)45-64(90)50(59)3/h14-22,26-31,33-34,37,40,49,55,60-71,73,89-91,98H,3-4,11-13,23-25,32,35-36,38-39,41-48H2,1-2,5-10H3,(H,84,96)(H,85,97)(H,86,93)/b40-33+,54-34+,59-37-/t49-,60+,61?,62?,63?,64-,65?,66?,67?,68?,69?,70?,71?,73?,80+,81?,82?,83?/m0/s1. The van der Waals surface area contributed by atoms with Gasteiger partial charge in [-0.1, -0.05) is 151 Å². The summed E-state index contributed by atoms with van der Waals surface area (Å²) in [5.74, 6) is -5.80. The highest BCUT2D eigenvalue weighted by Gasteiger charge is 2.78. The summed E-state index contributed by atoms with van der Waals surface area (Å²) in [5, 5.41) is 55.6. The maximum absolute atomic E-state index is 16.1. The summed E-state index contributed by atoms with van der Waals surface area (Å²) in [6.45, 7) is 21.4. The van der Waals surface area contributed by atoms with Gasteiger partial charge in [0.2, 0.25) is 0 Å². The van der Waals surface area contributed by atoms with E-state index in [1.165, 1.54) is 38.5 Å². The van der Waals surface area contributed by atoms with Crippen molar-refractivity contribution in [2.45, 2.75) is 230 Å². The molecule has 105 heavy (non-hydrogen) atoms. The first-order valence-electron chi connectivity index (χ1n) is 37.5. The number of hydrogen-bond acceptors (Lipinski definition) is 19. The van der Waals surface area contributed by atoms with Crippen molar-refractivity contribution >= 4 is 47.8 Å². The van der Waals surface area contributed by atoms with E-state index in [1.54, 1.807) is 85.8 Å². The van der Waals surface area contributed by atoms with Gasteiger partial charge in [0.1, 0.15) is 36.1 Å². The molecule has 18 atom stereocenters. The van der Waals surface area contributed by atoms with Gasteiger partial charge in [0.15, 0.2) is 23.6 Å². The molecule has 22 nitrogen and oxygen atoms in total. The molecule has 0 bridgehead atoms. The van der Waals surface area contributed by atoms with Crippen molar-refractivity contribution in [1.29, 1.82) is 0 Å². The first-order chi connectivity index (χ1) is 50.0. The Labute approximate surface area is 616 Å². The first kappa shape index (κ1) is 79.3. The summed E-state index contributed by atoms with van der Waals surface area (Å²) in [4.78, 5) is 114. The van der Waals surface area contributed by atoms with Gasteiger partial charge < -0.3 is 69.5 Å². The zero-order valence-corrected chi connectivity index (χ0v) is 61.9. The summed E-state index contributed by atoms with van der Waals surface area (Å²) in [6, 6.07) is 22.9. The monoisotopic (exact) mass is 1450 g/mol. The fourth-order valence-corrected chi connectivity index (χ4v) is 17.7. The number of alkyl carbamates (subject to hydrolysis) is 2. The molecule has 7 aliphatic rings. The van der Waals surface area contributed by atoms with Crippen LogP contribution >= 0.6 is 0 Å². The molecule has 10 rings (SSSR count). The molecule has 22 heteroatoms. The van der Waals surface area contributed by atoms with E-state index in [0.29, 0.717) is 68.0 Å². The third kappa shape index (κ3) is 17.3. The van der Waals surface area contributed by atoms with E-state index in [2.05, 4.69) is 67.3 Å². The number of nitrogens with one attached hydrogen (secondary N) is 3. The highest BCUT2D eigenvalue weighted by Crippen LogP contribution is 2.64. The number of ether oxygens (including phenoxy) is 7. The minimum Gasteiger partial charge on any atom is -0.460 e. The molecule has 0 aromatic heterocycles. The van der Waals surface area contributed by atoms with Crippen LogP contribution < -0.4 is 16.0 Å². The van der Waals surface area contributed by atoms with Crippen molar-refractivity contribution in [3.8, 4) is 0 Å². The summed E-state index contributed by atoms with van der Waals surface area (Å²) in [5.41, 5.74) is -5.13. The molecule has 14 unspecified atom stereocenters. The maximum atomic E-state index is 16.1. The summed E-state index contributed by atoms with van der Waals surface area (Å²) in [7, 11) is 0. The molecular weight excluding hydrogens is 1340 g/mol. The number of Topliss-reactive ketones (excluding diaryl/α,β-unsaturated/α-hetero) is 1. The maximum Gasteiger partial charge on any atom is 0.407 e. The molecule has 0 spiro atoms.